The number of benzene rings is 1. The smallest absolute Gasteiger partial charge is 0.251 e. The lowest BCUT2D eigenvalue weighted by atomic mass is 10.1. The van der Waals surface area contributed by atoms with Crippen molar-refractivity contribution in [1.29, 1.82) is 0 Å². The van der Waals surface area contributed by atoms with Gasteiger partial charge in [0.1, 0.15) is 0 Å². The van der Waals surface area contributed by atoms with Crippen LogP contribution >= 0.6 is 0 Å². The zero-order chi connectivity index (χ0) is 13.0. The molecule has 3 heteroatoms. The van der Waals surface area contributed by atoms with Gasteiger partial charge in [-0.1, -0.05) is 6.07 Å². The van der Waals surface area contributed by atoms with Gasteiger partial charge >= 0.3 is 0 Å². The molecule has 0 unspecified atom stereocenters. The average Bonchev–Trinajstić information content (AvgIpc) is 2.40. The summed E-state index contributed by atoms with van der Waals surface area (Å²) < 4.78 is 0. The van der Waals surface area contributed by atoms with Gasteiger partial charge < -0.3 is 5.32 Å². The van der Waals surface area contributed by atoms with Crippen LogP contribution in [0, 0.1) is 13.8 Å². The molecule has 0 aliphatic carbocycles. The summed E-state index contributed by atoms with van der Waals surface area (Å²) in [7, 11) is 0. The number of hydrogen-bond donors (Lipinski definition) is 1. The van der Waals surface area contributed by atoms with E-state index in [1.807, 2.05) is 56.6 Å². The van der Waals surface area contributed by atoms with Crippen LogP contribution in [0.1, 0.15) is 27.0 Å². The van der Waals surface area contributed by atoms with Crippen molar-refractivity contribution in [3.63, 3.8) is 0 Å². The van der Waals surface area contributed by atoms with Crippen LogP contribution in [0.2, 0.25) is 0 Å². The zero-order valence-corrected chi connectivity index (χ0v) is 10.7. The molecule has 0 saturated heterocycles. The number of aryl methyl sites for hydroxylation is 2. The minimum Gasteiger partial charge on any atom is -0.348 e. The summed E-state index contributed by atoms with van der Waals surface area (Å²) in [5.74, 6) is -0.0399. The van der Waals surface area contributed by atoms with Gasteiger partial charge in [0.15, 0.2) is 12.4 Å². The van der Waals surface area contributed by atoms with E-state index in [9.17, 15) is 4.79 Å². The van der Waals surface area contributed by atoms with Crippen LogP contribution in [0.5, 0.6) is 0 Å². The Balaban J connectivity index is 2.02. The van der Waals surface area contributed by atoms with E-state index in [0.717, 1.165) is 11.1 Å². The minimum absolute atomic E-state index is 0.0399. The van der Waals surface area contributed by atoms with E-state index < -0.39 is 0 Å². The molecule has 0 saturated carbocycles. The highest BCUT2D eigenvalue weighted by Gasteiger charge is 2.06. The molecule has 2 aromatic rings. The van der Waals surface area contributed by atoms with E-state index in [1.54, 1.807) is 0 Å². The number of aromatic nitrogens is 1. The van der Waals surface area contributed by atoms with Crippen LogP contribution in [0.3, 0.4) is 0 Å². The summed E-state index contributed by atoms with van der Waals surface area (Å²) in [6.45, 7) is 4.58. The number of carbonyl (C=O) groups excluding carboxylic acids is 1. The van der Waals surface area contributed by atoms with E-state index >= 15 is 0 Å². The third-order valence-electron chi connectivity index (χ3n) is 2.99. The molecule has 0 atom stereocenters. The number of pyridine rings is 1. The molecule has 0 aliphatic heterocycles. The molecular formula is C15H17N2O+. The molecule has 1 amide bonds. The Hall–Kier alpha value is -2.16. The van der Waals surface area contributed by atoms with Crippen molar-refractivity contribution >= 4 is 5.91 Å². The second-order valence-corrected chi connectivity index (χ2v) is 4.39. The second-order valence-electron chi connectivity index (χ2n) is 4.39. The molecule has 1 heterocycles. The highest BCUT2D eigenvalue weighted by molar-refractivity contribution is 5.94. The molecule has 0 fully saturated rings. The Kier molecular flexibility index (Phi) is 3.72. The summed E-state index contributed by atoms with van der Waals surface area (Å²) >= 11 is 0. The predicted molar refractivity (Wildman–Crippen MR) is 70.1 cm³/mol. The monoisotopic (exact) mass is 241 g/mol. The van der Waals surface area contributed by atoms with E-state index in [4.69, 9.17) is 0 Å². The Morgan fingerprint density at radius 2 is 2.06 bits per heavy atom. The zero-order valence-electron chi connectivity index (χ0n) is 10.7. The van der Waals surface area contributed by atoms with Crippen molar-refractivity contribution in [3.05, 3.63) is 65.0 Å². The van der Waals surface area contributed by atoms with Crippen molar-refractivity contribution in [1.82, 2.24) is 5.32 Å². The van der Waals surface area contributed by atoms with Gasteiger partial charge in [0.2, 0.25) is 0 Å². The quantitative estimate of drug-likeness (QED) is 0.878. The van der Waals surface area contributed by atoms with Crippen molar-refractivity contribution in [2.45, 2.75) is 20.4 Å². The fourth-order valence-electron chi connectivity index (χ4n) is 1.71. The number of aromatic amines is 1. The third-order valence-corrected chi connectivity index (χ3v) is 2.99. The molecule has 0 bridgehead atoms. The average molecular weight is 241 g/mol. The SMILES string of the molecule is Cc1ccc(C(=O)NCc2ccc[nH+]c2)cc1C. The molecule has 0 radical (unpaired) electrons. The summed E-state index contributed by atoms with van der Waals surface area (Å²) in [5, 5.41) is 2.90. The molecular weight excluding hydrogens is 224 g/mol. The lowest BCUT2D eigenvalue weighted by molar-refractivity contribution is -0.378. The standard InChI is InChI=1S/C15H16N2O/c1-11-5-6-14(8-12(11)2)15(18)17-10-13-4-3-7-16-9-13/h3-9H,10H2,1-2H3,(H,17,18)/p+1. The Bertz CT molecular complexity index is 550. The largest absolute Gasteiger partial charge is 0.348 e. The van der Waals surface area contributed by atoms with Crippen molar-refractivity contribution in [2.24, 2.45) is 0 Å². The highest BCUT2D eigenvalue weighted by Crippen LogP contribution is 2.09. The summed E-state index contributed by atoms with van der Waals surface area (Å²) in [6, 6.07) is 9.63. The van der Waals surface area contributed by atoms with Gasteiger partial charge in [0.05, 0.1) is 0 Å². The lowest BCUT2D eigenvalue weighted by Gasteiger charge is -2.06. The lowest BCUT2D eigenvalue weighted by Crippen LogP contribution is -2.23. The van der Waals surface area contributed by atoms with Gasteiger partial charge in [-0.05, 0) is 43.2 Å². The first kappa shape index (κ1) is 12.3. The van der Waals surface area contributed by atoms with E-state index in [-0.39, 0.29) is 5.91 Å². The molecule has 2 N–H and O–H groups in total. The van der Waals surface area contributed by atoms with E-state index in [0.29, 0.717) is 12.1 Å². The third kappa shape index (κ3) is 2.94. The second kappa shape index (κ2) is 5.45. The maximum atomic E-state index is 12.0. The Labute approximate surface area is 107 Å². The van der Waals surface area contributed by atoms with Crippen molar-refractivity contribution < 1.29 is 9.78 Å². The van der Waals surface area contributed by atoms with Crippen LogP contribution in [-0.2, 0) is 6.54 Å². The van der Waals surface area contributed by atoms with Gasteiger partial charge in [-0.25, -0.2) is 4.98 Å². The van der Waals surface area contributed by atoms with Crippen molar-refractivity contribution in [3.8, 4) is 0 Å². The number of H-pyrrole nitrogens is 1. The summed E-state index contributed by atoms with van der Waals surface area (Å²) in [4.78, 5) is 14.9. The maximum absolute atomic E-state index is 12.0. The van der Waals surface area contributed by atoms with Gasteiger partial charge in [0.25, 0.3) is 5.91 Å². The van der Waals surface area contributed by atoms with Crippen LogP contribution in [0.25, 0.3) is 0 Å². The Morgan fingerprint density at radius 1 is 1.22 bits per heavy atom. The van der Waals surface area contributed by atoms with Crippen LogP contribution in [0.15, 0.2) is 42.7 Å². The predicted octanol–water partition coefficient (Wildman–Crippen LogP) is 2.05. The number of hydrogen-bond acceptors (Lipinski definition) is 1. The van der Waals surface area contributed by atoms with E-state index in [1.165, 1.54) is 5.56 Å². The first-order chi connectivity index (χ1) is 8.66. The molecule has 0 aliphatic rings. The maximum Gasteiger partial charge on any atom is 0.251 e. The number of amides is 1. The highest BCUT2D eigenvalue weighted by atomic mass is 16.1. The van der Waals surface area contributed by atoms with Gasteiger partial charge in [0, 0.05) is 23.7 Å². The molecule has 1 aromatic heterocycles. The normalized spacial score (nSPS) is 10.1. The van der Waals surface area contributed by atoms with E-state index in [2.05, 4.69) is 10.3 Å². The number of carbonyl (C=O) groups is 1. The molecule has 2 rings (SSSR count). The molecule has 92 valence electrons. The topological polar surface area (TPSA) is 43.2 Å². The molecule has 0 spiro atoms. The fourth-order valence-corrected chi connectivity index (χ4v) is 1.71. The molecule has 3 nitrogen and oxygen atoms in total. The van der Waals surface area contributed by atoms with Crippen molar-refractivity contribution in [2.75, 3.05) is 0 Å². The van der Waals surface area contributed by atoms with Crippen LogP contribution < -0.4 is 10.3 Å². The van der Waals surface area contributed by atoms with Gasteiger partial charge in [-0.15, -0.1) is 0 Å². The summed E-state index contributed by atoms with van der Waals surface area (Å²) in [6.07, 6.45) is 3.72. The van der Waals surface area contributed by atoms with Gasteiger partial charge in [-0.2, -0.15) is 0 Å². The Morgan fingerprint density at radius 3 is 2.72 bits per heavy atom. The number of nitrogens with one attached hydrogen (secondary N) is 2. The molecule has 18 heavy (non-hydrogen) atoms. The first-order valence-corrected chi connectivity index (χ1v) is 5.97. The number of rotatable bonds is 3. The minimum atomic E-state index is -0.0399. The van der Waals surface area contributed by atoms with Gasteiger partial charge in [-0.3, -0.25) is 4.79 Å². The first-order valence-electron chi connectivity index (χ1n) is 5.97. The molecule has 1 aromatic carbocycles. The van der Waals surface area contributed by atoms with Crippen LogP contribution in [0.4, 0.5) is 0 Å². The summed E-state index contributed by atoms with van der Waals surface area (Å²) in [5.41, 5.74) is 4.09. The fraction of sp³-hybridized carbons (Fsp3) is 0.200. The van der Waals surface area contributed by atoms with Crippen LogP contribution in [-0.4, -0.2) is 5.91 Å².